The molecule has 0 atom stereocenters. The largest absolute Gasteiger partial charge is 0.438 e. The van der Waals surface area contributed by atoms with Gasteiger partial charge in [-0.25, -0.2) is 13.4 Å². The molecule has 0 spiro atoms. The van der Waals surface area contributed by atoms with E-state index in [1.165, 1.54) is 29.8 Å². The summed E-state index contributed by atoms with van der Waals surface area (Å²) in [5.41, 5.74) is 0.231. The van der Waals surface area contributed by atoms with Gasteiger partial charge in [0.15, 0.2) is 15.7 Å². The van der Waals surface area contributed by atoms with E-state index >= 15 is 0 Å². The number of aromatic nitrogens is 2. The summed E-state index contributed by atoms with van der Waals surface area (Å²) in [6.07, 6.45) is -1.84. The molecule has 0 saturated heterocycles. The Morgan fingerprint density at radius 1 is 1.15 bits per heavy atom. The quantitative estimate of drug-likeness (QED) is 0.617. The zero-order chi connectivity index (χ0) is 19.8. The van der Waals surface area contributed by atoms with Crippen LogP contribution in [-0.4, -0.2) is 24.6 Å². The molecule has 5 nitrogen and oxygen atoms in total. The summed E-state index contributed by atoms with van der Waals surface area (Å²) in [6, 6.07) is 5.86. The smallest absolute Gasteiger partial charge is 0.416 e. The summed E-state index contributed by atoms with van der Waals surface area (Å²) in [5.74, 6) is 0.696. The van der Waals surface area contributed by atoms with E-state index in [0.717, 1.165) is 29.7 Å². The molecule has 0 aliphatic heterocycles. The zero-order valence-corrected chi connectivity index (χ0v) is 15.7. The van der Waals surface area contributed by atoms with Crippen LogP contribution in [0.3, 0.4) is 0 Å². The summed E-state index contributed by atoms with van der Waals surface area (Å²) >= 11 is 1.02. The van der Waals surface area contributed by atoms with E-state index in [-0.39, 0.29) is 15.9 Å². The lowest BCUT2D eigenvalue weighted by molar-refractivity contribution is -0.137. The number of alkyl halides is 3. The number of hydrogen-bond donors (Lipinski definition) is 0. The third-order valence-corrected chi connectivity index (χ3v) is 6.27. The van der Waals surface area contributed by atoms with Gasteiger partial charge in [0.1, 0.15) is 9.96 Å². The van der Waals surface area contributed by atoms with Gasteiger partial charge in [0.25, 0.3) is 0 Å². The Morgan fingerprint density at radius 2 is 1.81 bits per heavy atom. The minimum atomic E-state index is -4.42. The minimum Gasteiger partial charge on any atom is -0.438 e. The maximum absolute atomic E-state index is 12.7. The average molecular weight is 414 g/mol. The van der Waals surface area contributed by atoms with E-state index in [9.17, 15) is 21.6 Å². The molecule has 0 amide bonds. The Hall–Kier alpha value is -2.46. The first-order chi connectivity index (χ1) is 12.5. The van der Waals surface area contributed by atoms with Gasteiger partial charge in [-0.15, -0.1) is 11.3 Å². The first-order valence-electron chi connectivity index (χ1n) is 7.52. The molecule has 10 heteroatoms. The highest BCUT2D eigenvalue weighted by Gasteiger charge is 2.30. The number of nitrogens with zero attached hydrogens (tertiary/aromatic N) is 2. The van der Waals surface area contributed by atoms with Gasteiger partial charge < -0.3 is 4.74 Å². The van der Waals surface area contributed by atoms with Crippen LogP contribution in [0.5, 0.6) is 11.6 Å². The molecule has 3 aromatic rings. The lowest BCUT2D eigenvalue weighted by Gasteiger charge is -2.09. The molecule has 2 heterocycles. The SMILES string of the molecule is Cc1cnc(-c2ccc(C(F)(F)F)cc2)nc1Oc1csc(S(C)(=O)=O)c1. The highest BCUT2D eigenvalue weighted by molar-refractivity contribution is 7.92. The highest BCUT2D eigenvalue weighted by Crippen LogP contribution is 2.32. The molecule has 0 bridgehead atoms. The van der Waals surface area contributed by atoms with Gasteiger partial charge >= 0.3 is 6.18 Å². The van der Waals surface area contributed by atoms with Gasteiger partial charge in [-0.1, -0.05) is 12.1 Å². The van der Waals surface area contributed by atoms with E-state index in [1.54, 1.807) is 6.92 Å². The van der Waals surface area contributed by atoms with Crippen molar-refractivity contribution in [1.29, 1.82) is 0 Å². The molecule has 0 fully saturated rings. The van der Waals surface area contributed by atoms with Crippen LogP contribution in [0.2, 0.25) is 0 Å². The molecule has 0 radical (unpaired) electrons. The maximum Gasteiger partial charge on any atom is 0.416 e. The molecule has 27 heavy (non-hydrogen) atoms. The third kappa shape index (κ3) is 4.45. The number of rotatable bonds is 4. The molecule has 0 saturated carbocycles. The Morgan fingerprint density at radius 3 is 2.37 bits per heavy atom. The average Bonchev–Trinajstić information content (AvgIpc) is 3.05. The normalized spacial score (nSPS) is 12.2. The van der Waals surface area contributed by atoms with Crippen molar-refractivity contribution in [2.24, 2.45) is 0 Å². The second kappa shape index (κ2) is 6.93. The van der Waals surface area contributed by atoms with Crippen LogP contribution in [0.25, 0.3) is 11.4 Å². The van der Waals surface area contributed by atoms with Crippen LogP contribution in [0.4, 0.5) is 13.2 Å². The second-order valence-corrected chi connectivity index (χ2v) is 8.89. The van der Waals surface area contributed by atoms with E-state index in [2.05, 4.69) is 9.97 Å². The molecular weight excluding hydrogens is 401 g/mol. The lowest BCUT2D eigenvalue weighted by Crippen LogP contribution is -2.04. The van der Waals surface area contributed by atoms with Crippen LogP contribution in [0.15, 0.2) is 46.1 Å². The Labute approximate surface area is 157 Å². The number of halogens is 3. The predicted octanol–water partition coefficient (Wildman–Crippen LogP) is 4.73. The van der Waals surface area contributed by atoms with Crippen LogP contribution in [0, 0.1) is 6.92 Å². The van der Waals surface area contributed by atoms with Crippen molar-refractivity contribution in [3.05, 3.63) is 53.0 Å². The van der Waals surface area contributed by atoms with E-state index < -0.39 is 21.6 Å². The van der Waals surface area contributed by atoms with Crippen molar-refractivity contribution in [1.82, 2.24) is 9.97 Å². The van der Waals surface area contributed by atoms with E-state index in [4.69, 9.17) is 4.74 Å². The maximum atomic E-state index is 12.7. The monoisotopic (exact) mass is 414 g/mol. The molecule has 0 aliphatic carbocycles. The topological polar surface area (TPSA) is 69.2 Å². The fraction of sp³-hybridized carbons (Fsp3) is 0.176. The van der Waals surface area contributed by atoms with Crippen molar-refractivity contribution >= 4 is 21.2 Å². The minimum absolute atomic E-state index is 0.159. The summed E-state index contributed by atoms with van der Waals surface area (Å²) in [4.78, 5) is 8.36. The summed E-state index contributed by atoms with van der Waals surface area (Å²) in [5, 5.41) is 1.54. The van der Waals surface area contributed by atoms with Crippen molar-refractivity contribution < 1.29 is 26.3 Å². The predicted molar refractivity (Wildman–Crippen MR) is 94.7 cm³/mol. The van der Waals surface area contributed by atoms with Crippen molar-refractivity contribution in [3.8, 4) is 23.0 Å². The fourth-order valence-electron chi connectivity index (χ4n) is 2.14. The molecule has 0 N–H and O–H groups in total. The van der Waals surface area contributed by atoms with Crippen molar-refractivity contribution in [2.45, 2.75) is 17.3 Å². The van der Waals surface area contributed by atoms with Crippen molar-refractivity contribution in [3.63, 3.8) is 0 Å². The number of ether oxygens (including phenoxy) is 1. The van der Waals surface area contributed by atoms with Gasteiger partial charge in [0.05, 0.1) is 5.56 Å². The van der Waals surface area contributed by atoms with Gasteiger partial charge in [0, 0.05) is 35.0 Å². The highest BCUT2D eigenvalue weighted by atomic mass is 32.2. The number of aryl methyl sites for hydroxylation is 1. The van der Waals surface area contributed by atoms with Crippen LogP contribution in [-0.2, 0) is 16.0 Å². The zero-order valence-electron chi connectivity index (χ0n) is 14.1. The second-order valence-electron chi connectivity index (χ2n) is 5.73. The molecule has 1 aromatic carbocycles. The Bertz CT molecular complexity index is 1080. The van der Waals surface area contributed by atoms with E-state index in [0.29, 0.717) is 16.9 Å². The Balaban J connectivity index is 1.89. The molecule has 3 rings (SSSR count). The van der Waals surface area contributed by atoms with Gasteiger partial charge in [-0.05, 0) is 19.1 Å². The fourth-order valence-corrected chi connectivity index (χ4v) is 3.84. The number of sulfone groups is 1. The first-order valence-corrected chi connectivity index (χ1v) is 10.3. The van der Waals surface area contributed by atoms with E-state index in [1.807, 2.05) is 0 Å². The third-order valence-electron chi connectivity index (χ3n) is 3.53. The van der Waals surface area contributed by atoms with Gasteiger partial charge in [-0.2, -0.15) is 18.2 Å². The number of thiophene rings is 1. The standard InChI is InChI=1S/C17H13F3N2O3S2/c1-10-8-21-15(11-3-5-12(6-4-11)17(18,19)20)22-16(10)25-13-7-14(26-9-13)27(2,23)24/h3-9H,1-2H3. The molecule has 0 unspecified atom stereocenters. The van der Waals surface area contributed by atoms with Crippen LogP contribution >= 0.6 is 11.3 Å². The lowest BCUT2D eigenvalue weighted by atomic mass is 10.1. The molecule has 2 aromatic heterocycles. The van der Waals surface area contributed by atoms with Gasteiger partial charge in [-0.3, -0.25) is 0 Å². The summed E-state index contributed by atoms with van der Waals surface area (Å²) < 4.78 is 66.9. The number of benzene rings is 1. The van der Waals surface area contributed by atoms with Crippen LogP contribution < -0.4 is 4.74 Å². The Kier molecular flexibility index (Phi) is 4.96. The van der Waals surface area contributed by atoms with Gasteiger partial charge in [0.2, 0.25) is 5.88 Å². The molecular formula is C17H13F3N2O3S2. The van der Waals surface area contributed by atoms with Crippen LogP contribution in [0.1, 0.15) is 11.1 Å². The number of hydrogen-bond acceptors (Lipinski definition) is 6. The molecule has 142 valence electrons. The first kappa shape index (κ1) is 19.3. The van der Waals surface area contributed by atoms with Crippen molar-refractivity contribution in [2.75, 3.05) is 6.26 Å². The summed E-state index contributed by atoms with van der Waals surface area (Å²) in [6.45, 7) is 1.70. The molecule has 0 aliphatic rings. The summed E-state index contributed by atoms with van der Waals surface area (Å²) in [7, 11) is -3.34.